The average Bonchev–Trinajstić information content (AvgIpc) is 2.56. The van der Waals surface area contributed by atoms with Crippen molar-refractivity contribution in [3.05, 3.63) is 18.2 Å². The van der Waals surface area contributed by atoms with Gasteiger partial charge in [-0.05, 0) is 6.42 Å². The summed E-state index contributed by atoms with van der Waals surface area (Å²) in [4.78, 5) is 6.98. The first kappa shape index (κ1) is 5.55. The van der Waals surface area contributed by atoms with Gasteiger partial charge < -0.3 is 4.98 Å². The first-order valence-electron chi connectivity index (χ1n) is 3.36. The highest BCUT2D eigenvalue weighted by atomic mass is 14.9. The molecule has 0 spiro atoms. The summed E-state index contributed by atoms with van der Waals surface area (Å²) in [5.41, 5.74) is 1.18. The zero-order valence-corrected chi connectivity index (χ0v) is 5.54. The lowest BCUT2D eigenvalue weighted by atomic mass is 10.2. The molecule has 1 aromatic rings. The second-order valence-corrected chi connectivity index (χ2v) is 2.62. The van der Waals surface area contributed by atoms with Crippen LogP contribution >= 0.6 is 0 Å². The van der Waals surface area contributed by atoms with Gasteiger partial charge in [0.1, 0.15) is 0 Å². The Morgan fingerprint density at radius 3 is 3.20 bits per heavy atom. The van der Waals surface area contributed by atoms with Gasteiger partial charge in [-0.1, -0.05) is 0 Å². The topological polar surface area (TPSA) is 28.7 Å². The first-order valence-corrected chi connectivity index (χ1v) is 3.36. The Bertz CT molecular complexity index is 255. The zero-order chi connectivity index (χ0) is 6.97. The summed E-state index contributed by atoms with van der Waals surface area (Å²) in [6.07, 6.45) is 9.91. The van der Waals surface area contributed by atoms with E-state index < -0.39 is 0 Å². The molecular weight excluding hydrogens is 124 g/mol. The van der Waals surface area contributed by atoms with Gasteiger partial charge >= 0.3 is 0 Å². The molecule has 2 nitrogen and oxygen atoms in total. The van der Waals surface area contributed by atoms with Crippen molar-refractivity contribution in [2.75, 3.05) is 0 Å². The smallest absolute Gasteiger partial charge is 0.0921 e. The molecular formula is C8H8N2. The summed E-state index contributed by atoms with van der Waals surface area (Å²) in [5, 5.41) is 0. The van der Waals surface area contributed by atoms with E-state index in [2.05, 4.69) is 15.9 Å². The molecule has 2 heteroatoms. The number of aromatic nitrogens is 2. The van der Waals surface area contributed by atoms with Crippen LogP contribution in [0, 0.1) is 18.3 Å². The minimum atomic E-state index is 0.459. The highest BCUT2D eigenvalue weighted by Gasteiger charge is 2.37. The number of imidazole rings is 1. The maximum Gasteiger partial charge on any atom is 0.0921 e. The van der Waals surface area contributed by atoms with Crippen LogP contribution in [0.3, 0.4) is 0 Å². The molecule has 0 bridgehead atoms. The predicted molar refractivity (Wildman–Crippen MR) is 38.3 cm³/mol. The molecule has 2 unspecified atom stereocenters. The van der Waals surface area contributed by atoms with Crippen molar-refractivity contribution in [1.29, 1.82) is 0 Å². The van der Waals surface area contributed by atoms with E-state index in [4.69, 9.17) is 6.42 Å². The monoisotopic (exact) mass is 132 g/mol. The maximum atomic E-state index is 5.25. The molecule has 50 valence electrons. The Morgan fingerprint density at radius 2 is 2.70 bits per heavy atom. The lowest BCUT2D eigenvalue weighted by Crippen LogP contribution is -1.79. The fourth-order valence-corrected chi connectivity index (χ4v) is 1.19. The normalized spacial score (nSPS) is 29.5. The number of hydrogen-bond acceptors (Lipinski definition) is 1. The van der Waals surface area contributed by atoms with Gasteiger partial charge in [0, 0.05) is 23.7 Å². The molecule has 1 aromatic heterocycles. The van der Waals surface area contributed by atoms with Gasteiger partial charge in [0.2, 0.25) is 0 Å². The van der Waals surface area contributed by atoms with Crippen LogP contribution < -0.4 is 0 Å². The van der Waals surface area contributed by atoms with Crippen molar-refractivity contribution in [3.63, 3.8) is 0 Å². The Morgan fingerprint density at radius 1 is 1.80 bits per heavy atom. The molecule has 1 aliphatic carbocycles. The maximum absolute atomic E-state index is 5.25. The van der Waals surface area contributed by atoms with Gasteiger partial charge in [-0.3, -0.25) is 0 Å². The van der Waals surface area contributed by atoms with E-state index in [0.29, 0.717) is 11.8 Å². The van der Waals surface area contributed by atoms with E-state index in [9.17, 15) is 0 Å². The number of terminal acetylenes is 1. The number of nitrogens with one attached hydrogen (secondary N) is 1. The molecule has 1 N–H and O–H groups in total. The lowest BCUT2D eigenvalue weighted by Gasteiger charge is -1.86. The molecule has 0 aliphatic heterocycles. The first-order chi connectivity index (χ1) is 4.92. The number of aromatic amines is 1. The predicted octanol–water partition coefficient (Wildman–Crippen LogP) is 1.15. The van der Waals surface area contributed by atoms with Gasteiger partial charge in [-0.15, -0.1) is 12.3 Å². The van der Waals surface area contributed by atoms with Crippen molar-refractivity contribution in [2.45, 2.75) is 12.3 Å². The molecule has 1 aliphatic rings. The fourth-order valence-electron chi connectivity index (χ4n) is 1.19. The summed E-state index contributed by atoms with van der Waals surface area (Å²) in [6, 6.07) is 0. The number of nitrogens with zero attached hydrogens (tertiary/aromatic N) is 1. The van der Waals surface area contributed by atoms with E-state index in [0.717, 1.165) is 6.42 Å². The second kappa shape index (κ2) is 1.88. The summed E-state index contributed by atoms with van der Waals surface area (Å²) in [5.74, 6) is 3.75. The molecule has 10 heavy (non-hydrogen) atoms. The third kappa shape index (κ3) is 0.714. The summed E-state index contributed by atoms with van der Waals surface area (Å²) in [6.45, 7) is 0. The van der Waals surface area contributed by atoms with Gasteiger partial charge in [0.15, 0.2) is 0 Å². The Kier molecular flexibility index (Phi) is 1.04. The molecule has 0 radical (unpaired) electrons. The third-order valence-electron chi connectivity index (χ3n) is 1.92. The average molecular weight is 132 g/mol. The molecule has 1 fully saturated rings. The molecule has 2 atom stereocenters. The molecule has 0 saturated heterocycles. The third-order valence-corrected chi connectivity index (χ3v) is 1.92. The number of H-pyrrole nitrogens is 1. The van der Waals surface area contributed by atoms with Crippen molar-refractivity contribution < 1.29 is 0 Å². The van der Waals surface area contributed by atoms with E-state index in [1.807, 2.05) is 6.20 Å². The quantitative estimate of drug-likeness (QED) is 0.570. The fraction of sp³-hybridized carbons (Fsp3) is 0.375. The summed E-state index contributed by atoms with van der Waals surface area (Å²) >= 11 is 0. The highest BCUT2D eigenvalue weighted by Crippen LogP contribution is 2.45. The van der Waals surface area contributed by atoms with Crippen molar-refractivity contribution >= 4 is 0 Å². The SMILES string of the molecule is C#CC1CC1c1cnc[nH]1. The molecule has 0 amide bonds. The van der Waals surface area contributed by atoms with Crippen LogP contribution in [0.1, 0.15) is 18.0 Å². The second-order valence-electron chi connectivity index (χ2n) is 2.62. The minimum Gasteiger partial charge on any atom is -0.348 e. The summed E-state index contributed by atoms with van der Waals surface area (Å²) in [7, 11) is 0. The Balaban J connectivity index is 2.13. The molecule has 2 rings (SSSR count). The standard InChI is InChI=1S/C8H8N2/c1-2-6-3-7(6)8-4-9-5-10-8/h1,4-7H,3H2,(H,9,10). The highest BCUT2D eigenvalue weighted by molar-refractivity contribution is 5.22. The van der Waals surface area contributed by atoms with Crippen LogP contribution in [0.2, 0.25) is 0 Å². The van der Waals surface area contributed by atoms with Crippen LogP contribution in [0.25, 0.3) is 0 Å². The van der Waals surface area contributed by atoms with E-state index >= 15 is 0 Å². The lowest BCUT2D eigenvalue weighted by molar-refractivity contribution is 0.991. The van der Waals surface area contributed by atoms with Gasteiger partial charge in [-0.2, -0.15) is 0 Å². The van der Waals surface area contributed by atoms with E-state index in [1.165, 1.54) is 5.69 Å². The van der Waals surface area contributed by atoms with Gasteiger partial charge in [0.05, 0.1) is 6.33 Å². The largest absolute Gasteiger partial charge is 0.348 e. The van der Waals surface area contributed by atoms with Crippen LogP contribution in [0.15, 0.2) is 12.5 Å². The van der Waals surface area contributed by atoms with E-state index in [1.54, 1.807) is 6.33 Å². The van der Waals surface area contributed by atoms with Crippen molar-refractivity contribution in [2.24, 2.45) is 5.92 Å². The van der Waals surface area contributed by atoms with Crippen LogP contribution in [-0.2, 0) is 0 Å². The van der Waals surface area contributed by atoms with Crippen molar-refractivity contribution in [3.8, 4) is 12.3 Å². The Labute approximate surface area is 59.7 Å². The minimum absolute atomic E-state index is 0.459. The van der Waals surface area contributed by atoms with E-state index in [-0.39, 0.29) is 0 Å². The number of hydrogen-bond donors (Lipinski definition) is 1. The van der Waals surface area contributed by atoms with Crippen molar-refractivity contribution in [1.82, 2.24) is 9.97 Å². The van der Waals surface area contributed by atoms with Gasteiger partial charge in [0.25, 0.3) is 0 Å². The Hall–Kier alpha value is -1.23. The molecule has 1 saturated carbocycles. The molecule has 1 heterocycles. The molecule has 0 aromatic carbocycles. The van der Waals surface area contributed by atoms with Crippen LogP contribution in [-0.4, -0.2) is 9.97 Å². The van der Waals surface area contributed by atoms with Crippen LogP contribution in [0.5, 0.6) is 0 Å². The number of rotatable bonds is 1. The van der Waals surface area contributed by atoms with Gasteiger partial charge in [-0.25, -0.2) is 4.98 Å². The zero-order valence-electron chi connectivity index (χ0n) is 5.54. The van der Waals surface area contributed by atoms with Crippen LogP contribution in [0.4, 0.5) is 0 Å². The summed E-state index contributed by atoms with van der Waals surface area (Å²) < 4.78 is 0.